The Balaban J connectivity index is 1.42. The van der Waals surface area contributed by atoms with Gasteiger partial charge in [-0.25, -0.2) is 9.07 Å². The topological polar surface area (TPSA) is 79.7 Å². The molecule has 0 atom stereocenters. The zero-order valence-electron chi connectivity index (χ0n) is 21.0. The lowest BCUT2D eigenvalue weighted by Gasteiger charge is -2.22. The highest BCUT2D eigenvalue weighted by molar-refractivity contribution is 5.82. The van der Waals surface area contributed by atoms with Gasteiger partial charge in [0, 0.05) is 18.7 Å². The van der Waals surface area contributed by atoms with E-state index in [4.69, 9.17) is 0 Å². The molecule has 0 aliphatic heterocycles. The van der Waals surface area contributed by atoms with Crippen LogP contribution in [0.1, 0.15) is 33.6 Å². The van der Waals surface area contributed by atoms with Gasteiger partial charge in [-0.2, -0.15) is 0 Å². The number of aromatic amines is 1. The summed E-state index contributed by atoms with van der Waals surface area (Å²) < 4.78 is 15.1. The average molecular weight is 497 g/mol. The van der Waals surface area contributed by atoms with Crippen LogP contribution in [0.2, 0.25) is 0 Å². The van der Waals surface area contributed by atoms with Gasteiger partial charge in [-0.1, -0.05) is 54.1 Å². The minimum Gasteiger partial charge on any atom is -0.321 e. The lowest BCUT2D eigenvalue weighted by Crippen LogP contribution is -2.30. The lowest BCUT2D eigenvalue weighted by atomic mass is 10.0. The number of H-pyrrole nitrogens is 1. The standard InChI is InChI=1S/C29H29FN6O/c1-20-14-21(2)28-24(15-20)16-25(29(37)31-28)18-35(13-12-22-6-4-3-5-7-22)19-27-32-33-34-36(27)17-23-8-10-26(30)11-9-23/h3-11,14-16H,12-13,17-19H2,1-2H3,(H,31,37). The molecule has 0 aliphatic rings. The number of aromatic nitrogens is 5. The molecule has 0 aliphatic carbocycles. The Hall–Kier alpha value is -4.17. The SMILES string of the molecule is Cc1cc(C)c2[nH]c(=O)c(CN(CCc3ccccc3)Cc3nnnn3Cc3ccc(F)cc3)cc2c1. The molecule has 0 radical (unpaired) electrons. The van der Waals surface area contributed by atoms with Gasteiger partial charge in [0.1, 0.15) is 5.82 Å². The number of benzene rings is 3. The summed E-state index contributed by atoms with van der Waals surface area (Å²) in [6.45, 7) is 6.14. The first-order valence-electron chi connectivity index (χ1n) is 12.3. The van der Waals surface area contributed by atoms with Gasteiger partial charge in [0.15, 0.2) is 5.82 Å². The third-order valence-corrected chi connectivity index (χ3v) is 6.54. The summed E-state index contributed by atoms with van der Waals surface area (Å²) in [5, 5.41) is 13.3. The van der Waals surface area contributed by atoms with Gasteiger partial charge >= 0.3 is 0 Å². The third-order valence-electron chi connectivity index (χ3n) is 6.54. The van der Waals surface area contributed by atoms with E-state index in [1.807, 2.05) is 31.2 Å². The van der Waals surface area contributed by atoms with Crippen LogP contribution in [-0.4, -0.2) is 36.6 Å². The summed E-state index contributed by atoms with van der Waals surface area (Å²) in [5.41, 5.74) is 5.82. The van der Waals surface area contributed by atoms with Crippen LogP contribution in [0.4, 0.5) is 4.39 Å². The van der Waals surface area contributed by atoms with Crippen molar-refractivity contribution in [2.75, 3.05) is 6.54 Å². The van der Waals surface area contributed by atoms with Crippen LogP contribution < -0.4 is 5.56 Å². The monoisotopic (exact) mass is 496 g/mol. The molecular weight excluding hydrogens is 467 g/mol. The Morgan fingerprint density at radius 1 is 0.946 bits per heavy atom. The molecule has 0 amide bonds. The van der Waals surface area contributed by atoms with E-state index >= 15 is 0 Å². The molecule has 0 bridgehead atoms. The van der Waals surface area contributed by atoms with Gasteiger partial charge in [-0.3, -0.25) is 9.69 Å². The Morgan fingerprint density at radius 2 is 1.73 bits per heavy atom. The van der Waals surface area contributed by atoms with Crippen LogP contribution in [-0.2, 0) is 26.1 Å². The summed E-state index contributed by atoms with van der Waals surface area (Å²) in [5.74, 6) is 0.403. The summed E-state index contributed by atoms with van der Waals surface area (Å²) in [4.78, 5) is 18.3. The van der Waals surface area contributed by atoms with Crippen molar-refractivity contribution in [3.8, 4) is 0 Å². The second-order valence-electron chi connectivity index (χ2n) is 9.50. The van der Waals surface area contributed by atoms with Crippen LogP contribution in [0.5, 0.6) is 0 Å². The molecule has 8 heteroatoms. The molecule has 7 nitrogen and oxygen atoms in total. The summed E-state index contributed by atoms with van der Waals surface area (Å²) in [6.07, 6.45) is 0.823. The van der Waals surface area contributed by atoms with Gasteiger partial charge in [-0.15, -0.1) is 5.10 Å². The van der Waals surface area contributed by atoms with Gasteiger partial charge < -0.3 is 4.98 Å². The zero-order chi connectivity index (χ0) is 25.8. The van der Waals surface area contributed by atoms with Crippen molar-refractivity contribution in [2.24, 2.45) is 0 Å². The molecule has 37 heavy (non-hydrogen) atoms. The van der Waals surface area contributed by atoms with Gasteiger partial charge in [0.25, 0.3) is 5.56 Å². The maximum Gasteiger partial charge on any atom is 0.252 e. The van der Waals surface area contributed by atoms with Crippen molar-refractivity contribution in [3.05, 3.63) is 123 Å². The average Bonchev–Trinajstić information content (AvgIpc) is 3.32. The summed E-state index contributed by atoms with van der Waals surface area (Å²) in [6, 6.07) is 22.7. The first kappa shape index (κ1) is 24.5. The molecule has 2 aromatic heterocycles. The van der Waals surface area contributed by atoms with Gasteiger partial charge in [0.2, 0.25) is 0 Å². The number of nitrogens with zero attached hydrogens (tertiary/aromatic N) is 5. The molecule has 3 aromatic carbocycles. The summed E-state index contributed by atoms with van der Waals surface area (Å²) in [7, 11) is 0. The highest BCUT2D eigenvalue weighted by atomic mass is 19.1. The fourth-order valence-electron chi connectivity index (χ4n) is 4.66. The van der Waals surface area contributed by atoms with Crippen molar-refractivity contribution < 1.29 is 4.39 Å². The molecule has 0 saturated carbocycles. The van der Waals surface area contributed by atoms with Gasteiger partial charge in [-0.05, 0) is 77.0 Å². The quantitative estimate of drug-likeness (QED) is 0.324. The number of tetrazole rings is 1. The number of aryl methyl sites for hydroxylation is 2. The van der Waals surface area contributed by atoms with Crippen molar-refractivity contribution in [3.63, 3.8) is 0 Å². The van der Waals surface area contributed by atoms with E-state index in [-0.39, 0.29) is 11.4 Å². The van der Waals surface area contributed by atoms with E-state index in [1.165, 1.54) is 17.7 Å². The van der Waals surface area contributed by atoms with E-state index in [0.717, 1.165) is 40.6 Å². The number of nitrogens with one attached hydrogen (secondary N) is 1. The molecule has 0 fully saturated rings. The van der Waals surface area contributed by atoms with Crippen LogP contribution in [0, 0.1) is 19.7 Å². The fourth-order valence-corrected chi connectivity index (χ4v) is 4.66. The van der Waals surface area contributed by atoms with Crippen LogP contribution in [0.3, 0.4) is 0 Å². The minimum atomic E-state index is -0.279. The maximum absolute atomic E-state index is 13.3. The first-order chi connectivity index (χ1) is 17.9. The Morgan fingerprint density at radius 3 is 2.51 bits per heavy atom. The molecule has 5 rings (SSSR count). The molecule has 0 spiro atoms. The zero-order valence-corrected chi connectivity index (χ0v) is 21.0. The Kier molecular flexibility index (Phi) is 7.18. The van der Waals surface area contributed by atoms with E-state index in [2.05, 4.69) is 56.6 Å². The van der Waals surface area contributed by atoms with E-state index in [9.17, 15) is 9.18 Å². The van der Waals surface area contributed by atoms with E-state index in [0.29, 0.717) is 31.0 Å². The van der Waals surface area contributed by atoms with Crippen LogP contribution in [0.15, 0.2) is 77.6 Å². The van der Waals surface area contributed by atoms with Crippen molar-refractivity contribution >= 4 is 10.9 Å². The number of hydrogen-bond acceptors (Lipinski definition) is 5. The second-order valence-corrected chi connectivity index (χ2v) is 9.50. The van der Waals surface area contributed by atoms with E-state index in [1.54, 1.807) is 16.8 Å². The van der Waals surface area contributed by atoms with E-state index < -0.39 is 0 Å². The largest absolute Gasteiger partial charge is 0.321 e. The number of pyridine rings is 1. The van der Waals surface area contributed by atoms with Crippen LogP contribution >= 0.6 is 0 Å². The number of halogens is 1. The third kappa shape index (κ3) is 5.98. The highest BCUT2D eigenvalue weighted by Crippen LogP contribution is 2.19. The molecule has 1 N–H and O–H groups in total. The molecule has 0 saturated heterocycles. The maximum atomic E-state index is 13.3. The van der Waals surface area contributed by atoms with Crippen molar-refractivity contribution in [1.29, 1.82) is 0 Å². The Bertz CT molecular complexity index is 1560. The normalized spacial score (nSPS) is 11.5. The van der Waals surface area contributed by atoms with Crippen molar-refractivity contribution in [1.82, 2.24) is 30.1 Å². The number of fused-ring (bicyclic) bond motifs is 1. The molecule has 188 valence electrons. The van der Waals surface area contributed by atoms with Gasteiger partial charge in [0.05, 0.1) is 18.6 Å². The molecule has 0 unspecified atom stereocenters. The molecule has 5 aromatic rings. The highest BCUT2D eigenvalue weighted by Gasteiger charge is 2.16. The lowest BCUT2D eigenvalue weighted by molar-refractivity contribution is 0.248. The summed E-state index contributed by atoms with van der Waals surface area (Å²) >= 11 is 0. The number of rotatable bonds is 9. The first-order valence-corrected chi connectivity index (χ1v) is 12.3. The predicted octanol–water partition coefficient (Wildman–Crippen LogP) is 4.56. The number of hydrogen-bond donors (Lipinski definition) is 1. The minimum absolute atomic E-state index is 0.0879. The Labute approximate surface area is 214 Å². The molecular formula is C29H29FN6O. The van der Waals surface area contributed by atoms with Crippen molar-refractivity contribution in [2.45, 2.75) is 39.9 Å². The predicted molar refractivity (Wildman–Crippen MR) is 142 cm³/mol. The smallest absolute Gasteiger partial charge is 0.252 e. The second kappa shape index (κ2) is 10.8. The fraction of sp³-hybridized carbons (Fsp3) is 0.241. The molecule has 2 heterocycles. The van der Waals surface area contributed by atoms with Crippen LogP contribution in [0.25, 0.3) is 10.9 Å².